The largest absolute Gasteiger partial charge is 0.340 e. The lowest BCUT2D eigenvalue weighted by Crippen LogP contribution is -2.32. The Morgan fingerprint density at radius 2 is 2.25 bits per heavy atom. The highest BCUT2D eigenvalue weighted by atomic mass is 32.2. The molecule has 1 aromatic rings. The Kier molecular flexibility index (Phi) is 4.80. The van der Waals surface area contributed by atoms with Crippen molar-refractivity contribution in [3.05, 3.63) is 35.6 Å². The van der Waals surface area contributed by atoms with Crippen LogP contribution >= 0.6 is 11.8 Å². The van der Waals surface area contributed by atoms with E-state index in [2.05, 4.69) is 0 Å². The fraction of sp³-hybridized carbons (Fsp3) is 0.417. The first-order valence-corrected chi connectivity index (χ1v) is 6.35. The third kappa shape index (κ3) is 3.52. The Morgan fingerprint density at radius 1 is 1.56 bits per heavy atom. The van der Waals surface area contributed by atoms with Crippen molar-refractivity contribution in [1.29, 1.82) is 0 Å². The highest BCUT2D eigenvalue weighted by Crippen LogP contribution is 2.11. The maximum atomic E-state index is 12.9. The Balaban J connectivity index is 2.64. The van der Waals surface area contributed by atoms with E-state index >= 15 is 0 Å². The van der Waals surface area contributed by atoms with Gasteiger partial charge >= 0.3 is 0 Å². The number of benzene rings is 1. The Morgan fingerprint density at radius 3 is 2.81 bits per heavy atom. The van der Waals surface area contributed by atoms with Crippen LogP contribution in [0.2, 0.25) is 0 Å². The molecule has 0 aliphatic heterocycles. The summed E-state index contributed by atoms with van der Waals surface area (Å²) in [5.41, 5.74) is 0.809. The van der Waals surface area contributed by atoms with Crippen molar-refractivity contribution in [2.75, 3.05) is 13.3 Å². The van der Waals surface area contributed by atoms with Crippen LogP contribution in [0, 0.1) is 5.82 Å². The lowest BCUT2D eigenvalue weighted by molar-refractivity contribution is -0.129. The van der Waals surface area contributed by atoms with Crippen LogP contribution in [0.5, 0.6) is 0 Å². The average Bonchev–Trinajstić information content (AvgIpc) is 2.27. The lowest BCUT2D eigenvalue weighted by atomic mass is 10.2. The van der Waals surface area contributed by atoms with E-state index in [4.69, 9.17) is 0 Å². The van der Waals surface area contributed by atoms with E-state index < -0.39 is 0 Å². The lowest BCUT2D eigenvalue weighted by Gasteiger charge is -2.20. The number of nitrogens with zero attached hydrogens (tertiary/aromatic N) is 1. The monoisotopic (exact) mass is 241 g/mol. The Labute approximate surface area is 99.8 Å². The van der Waals surface area contributed by atoms with Gasteiger partial charge in [0.2, 0.25) is 5.91 Å². The third-order valence-corrected chi connectivity index (χ3v) is 3.30. The number of halogens is 1. The molecule has 2 nitrogen and oxygen atoms in total. The molecule has 0 N–H and O–H groups in total. The molecule has 0 saturated carbocycles. The molecule has 0 saturated heterocycles. The smallest absolute Gasteiger partial charge is 0.235 e. The maximum Gasteiger partial charge on any atom is 0.235 e. The van der Waals surface area contributed by atoms with Crippen molar-refractivity contribution in [1.82, 2.24) is 4.90 Å². The van der Waals surface area contributed by atoms with Gasteiger partial charge in [0.15, 0.2) is 0 Å². The molecule has 0 aliphatic rings. The summed E-state index contributed by atoms with van der Waals surface area (Å²) in [5, 5.41) is -0.0569. The van der Waals surface area contributed by atoms with Gasteiger partial charge in [-0.2, -0.15) is 11.8 Å². The molecule has 0 aromatic heterocycles. The summed E-state index contributed by atoms with van der Waals surface area (Å²) in [6.07, 6.45) is 1.90. The second-order valence-electron chi connectivity index (χ2n) is 3.70. The quantitative estimate of drug-likeness (QED) is 0.807. The summed E-state index contributed by atoms with van der Waals surface area (Å²) < 4.78 is 12.9. The van der Waals surface area contributed by atoms with Gasteiger partial charge in [0.25, 0.3) is 0 Å². The number of hydrogen-bond acceptors (Lipinski definition) is 2. The zero-order valence-electron chi connectivity index (χ0n) is 9.74. The van der Waals surface area contributed by atoms with Crippen molar-refractivity contribution >= 4 is 17.7 Å². The number of hydrogen-bond donors (Lipinski definition) is 0. The van der Waals surface area contributed by atoms with Crippen molar-refractivity contribution in [2.24, 2.45) is 0 Å². The number of rotatable bonds is 4. The van der Waals surface area contributed by atoms with Crippen LogP contribution in [0.4, 0.5) is 4.39 Å². The molecular formula is C12H16FNOS. The van der Waals surface area contributed by atoms with Crippen LogP contribution < -0.4 is 0 Å². The number of carbonyl (C=O) groups is 1. The van der Waals surface area contributed by atoms with Gasteiger partial charge in [-0.1, -0.05) is 12.1 Å². The fourth-order valence-corrected chi connectivity index (χ4v) is 1.78. The second-order valence-corrected chi connectivity index (χ2v) is 4.88. The molecule has 0 bridgehead atoms. The molecule has 0 aliphatic carbocycles. The first-order chi connectivity index (χ1) is 7.54. The molecule has 0 unspecified atom stereocenters. The van der Waals surface area contributed by atoms with E-state index in [9.17, 15) is 9.18 Å². The average molecular weight is 241 g/mol. The minimum atomic E-state index is -0.267. The molecule has 0 spiro atoms. The highest BCUT2D eigenvalue weighted by Gasteiger charge is 2.16. The standard InChI is InChI=1S/C12H16FNOS/c1-9(16-3)12(15)14(2)8-10-5-4-6-11(13)7-10/h4-7,9H,8H2,1-3H3/t9-/m0/s1. The SMILES string of the molecule is CS[C@@H](C)C(=O)N(C)Cc1cccc(F)c1. The highest BCUT2D eigenvalue weighted by molar-refractivity contribution is 7.99. The van der Waals surface area contributed by atoms with Crippen LogP contribution in [0.25, 0.3) is 0 Å². The van der Waals surface area contributed by atoms with Crippen molar-refractivity contribution in [3.8, 4) is 0 Å². The molecule has 0 fully saturated rings. The predicted octanol–water partition coefficient (Wildman–Crippen LogP) is 2.54. The molecule has 88 valence electrons. The van der Waals surface area contributed by atoms with E-state index in [1.165, 1.54) is 23.9 Å². The van der Waals surface area contributed by atoms with Gasteiger partial charge in [-0.3, -0.25) is 4.79 Å². The number of amides is 1. The molecule has 0 heterocycles. The minimum Gasteiger partial charge on any atom is -0.340 e. The van der Waals surface area contributed by atoms with E-state index in [1.807, 2.05) is 19.2 Å². The third-order valence-electron chi connectivity index (χ3n) is 2.39. The van der Waals surface area contributed by atoms with E-state index in [0.29, 0.717) is 6.54 Å². The van der Waals surface area contributed by atoms with Crippen LogP contribution in [0.3, 0.4) is 0 Å². The Bertz CT molecular complexity index is 370. The summed E-state index contributed by atoms with van der Waals surface area (Å²) in [7, 11) is 1.74. The zero-order valence-corrected chi connectivity index (χ0v) is 10.6. The summed E-state index contributed by atoms with van der Waals surface area (Å²) in [6, 6.07) is 6.32. The molecule has 4 heteroatoms. The topological polar surface area (TPSA) is 20.3 Å². The maximum absolute atomic E-state index is 12.9. The van der Waals surface area contributed by atoms with E-state index in [-0.39, 0.29) is 17.0 Å². The summed E-state index contributed by atoms with van der Waals surface area (Å²) >= 11 is 1.51. The van der Waals surface area contributed by atoms with Crippen molar-refractivity contribution in [3.63, 3.8) is 0 Å². The van der Waals surface area contributed by atoms with Crippen molar-refractivity contribution in [2.45, 2.75) is 18.7 Å². The van der Waals surface area contributed by atoms with E-state index in [1.54, 1.807) is 18.0 Å². The Hall–Kier alpha value is -1.03. The van der Waals surface area contributed by atoms with Gasteiger partial charge in [0.05, 0.1) is 5.25 Å². The van der Waals surface area contributed by atoms with Gasteiger partial charge in [0.1, 0.15) is 5.82 Å². The first kappa shape index (κ1) is 13.0. The van der Waals surface area contributed by atoms with Crippen LogP contribution in [-0.4, -0.2) is 29.4 Å². The second kappa shape index (κ2) is 5.89. The molecule has 1 atom stereocenters. The van der Waals surface area contributed by atoms with E-state index in [0.717, 1.165) is 5.56 Å². The van der Waals surface area contributed by atoms with Gasteiger partial charge in [-0.25, -0.2) is 4.39 Å². The van der Waals surface area contributed by atoms with Crippen LogP contribution in [0.15, 0.2) is 24.3 Å². The number of thioether (sulfide) groups is 1. The minimum absolute atomic E-state index is 0.0569. The number of carbonyl (C=O) groups excluding carboxylic acids is 1. The summed E-state index contributed by atoms with van der Waals surface area (Å²) in [6.45, 7) is 2.32. The van der Waals surface area contributed by atoms with Crippen LogP contribution in [-0.2, 0) is 11.3 Å². The normalized spacial score (nSPS) is 12.2. The molecule has 1 aromatic carbocycles. The predicted molar refractivity (Wildman–Crippen MR) is 65.9 cm³/mol. The van der Waals surface area contributed by atoms with Gasteiger partial charge in [-0.15, -0.1) is 0 Å². The van der Waals surface area contributed by atoms with Crippen LogP contribution in [0.1, 0.15) is 12.5 Å². The first-order valence-electron chi connectivity index (χ1n) is 5.07. The summed E-state index contributed by atoms with van der Waals surface area (Å²) in [4.78, 5) is 13.4. The fourth-order valence-electron chi connectivity index (χ4n) is 1.40. The summed E-state index contributed by atoms with van der Waals surface area (Å²) in [5.74, 6) is -0.201. The van der Waals surface area contributed by atoms with Gasteiger partial charge < -0.3 is 4.90 Å². The molecular weight excluding hydrogens is 225 g/mol. The molecule has 1 amide bonds. The molecule has 16 heavy (non-hydrogen) atoms. The van der Waals surface area contributed by atoms with Gasteiger partial charge in [-0.05, 0) is 30.9 Å². The van der Waals surface area contributed by atoms with Gasteiger partial charge in [0, 0.05) is 13.6 Å². The van der Waals surface area contributed by atoms with Crippen molar-refractivity contribution < 1.29 is 9.18 Å². The molecule has 1 rings (SSSR count). The zero-order chi connectivity index (χ0) is 12.1. The molecule has 0 radical (unpaired) electrons.